The Kier molecular flexibility index (Phi) is 7.50. The van der Waals surface area contributed by atoms with Gasteiger partial charge in [0.25, 0.3) is 11.8 Å². The van der Waals surface area contributed by atoms with Gasteiger partial charge in [-0.2, -0.15) is 0 Å². The summed E-state index contributed by atoms with van der Waals surface area (Å²) in [6.07, 6.45) is 5.64. The van der Waals surface area contributed by atoms with Crippen molar-refractivity contribution < 1.29 is 19.5 Å². The Morgan fingerprint density at radius 1 is 1.11 bits per heavy atom. The molecule has 1 fully saturated rings. The molecule has 0 saturated heterocycles. The molecule has 2 amide bonds. The number of nitrogens with one attached hydrogen (secondary N) is 1. The summed E-state index contributed by atoms with van der Waals surface area (Å²) in [5, 5.41) is 11.5. The Bertz CT molecular complexity index is 1270. The molecule has 8 nitrogen and oxygen atoms in total. The van der Waals surface area contributed by atoms with E-state index in [9.17, 15) is 14.7 Å². The number of aryl methyl sites for hydroxylation is 1. The highest BCUT2D eigenvalue weighted by Crippen LogP contribution is 2.46. The first-order valence-electron chi connectivity index (χ1n) is 12.5. The number of hydrogen-bond donors (Lipinski definition) is 2. The number of nitrogens with zero attached hydrogens (tertiary/aromatic N) is 3. The second kappa shape index (κ2) is 11.0. The van der Waals surface area contributed by atoms with Crippen LogP contribution in [0.15, 0.2) is 60.9 Å². The van der Waals surface area contributed by atoms with Gasteiger partial charge in [0, 0.05) is 16.8 Å². The van der Waals surface area contributed by atoms with E-state index in [0.717, 1.165) is 24.1 Å². The molecule has 1 aliphatic heterocycles. The quantitative estimate of drug-likeness (QED) is 0.470. The van der Waals surface area contributed by atoms with E-state index in [1.54, 1.807) is 47.6 Å². The molecule has 1 aromatic heterocycles. The number of amides is 2. The molecule has 37 heavy (non-hydrogen) atoms. The number of aromatic nitrogens is 2. The minimum absolute atomic E-state index is 0.0446. The van der Waals surface area contributed by atoms with Gasteiger partial charge >= 0.3 is 0 Å². The Morgan fingerprint density at radius 3 is 2.59 bits per heavy atom. The zero-order chi connectivity index (χ0) is 25.9. The molecule has 2 N–H and O–H groups in total. The predicted molar refractivity (Wildman–Crippen MR) is 138 cm³/mol. The summed E-state index contributed by atoms with van der Waals surface area (Å²) in [7, 11) is 0. The lowest BCUT2D eigenvalue weighted by Gasteiger charge is -2.48. The van der Waals surface area contributed by atoms with Gasteiger partial charge in [0.2, 0.25) is 0 Å². The van der Waals surface area contributed by atoms with E-state index < -0.39 is 30.0 Å². The fourth-order valence-corrected chi connectivity index (χ4v) is 5.49. The van der Waals surface area contributed by atoms with Crippen molar-refractivity contribution in [3.63, 3.8) is 0 Å². The Morgan fingerprint density at radius 2 is 1.86 bits per heavy atom. The Hall–Kier alpha value is -3.33. The SMILES string of the molecule is Cc1cnc(CONC(=O)[C@@H]2c3ccccc3C(=O)N([C@H]3CCCC[C@@H]3O)[C@H]2c2ccc(Cl)cc2)cn1. The highest BCUT2D eigenvalue weighted by atomic mass is 35.5. The lowest BCUT2D eigenvalue weighted by molar-refractivity contribution is -0.138. The molecule has 9 heteroatoms. The van der Waals surface area contributed by atoms with Crippen LogP contribution in [0.4, 0.5) is 0 Å². The number of hydrogen-bond acceptors (Lipinski definition) is 6. The summed E-state index contributed by atoms with van der Waals surface area (Å²) in [4.78, 5) is 43.4. The van der Waals surface area contributed by atoms with E-state index in [1.165, 1.54) is 0 Å². The summed E-state index contributed by atoms with van der Waals surface area (Å²) in [6, 6.07) is 13.3. The summed E-state index contributed by atoms with van der Waals surface area (Å²) >= 11 is 6.17. The van der Waals surface area contributed by atoms with Crippen LogP contribution in [-0.4, -0.2) is 43.9 Å². The molecule has 2 aliphatic rings. The first kappa shape index (κ1) is 25.3. The average Bonchev–Trinajstić information content (AvgIpc) is 2.91. The summed E-state index contributed by atoms with van der Waals surface area (Å²) in [5.41, 5.74) is 5.77. The zero-order valence-electron chi connectivity index (χ0n) is 20.5. The van der Waals surface area contributed by atoms with E-state index in [1.807, 2.05) is 25.1 Å². The van der Waals surface area contributed by atoms with Gasteiger partial charge in [-0.1, -0.05) is 54.8 Å². The molecule has 0 radical (unpaired) electrons. The van der Waals surface area contributed by atoms with E-state index in [2.05, 4.69) is 15.4 Å². The fourth-order valence-electron chi connectivity index (χ4n) is 5.37. The van der Waals surface area contributed by atoms with Gasteiger partial charge in [-0.3, -0.25) is 24.4 Å². The van der Waals surface area contributed by atoms with Crippen molar-refractivity contribution >= 4 is 23.4 Å². The van der Waals surface area contributed by atoms with Crippen LogP contribution in [0, 0.1) is 6.92 Å². The van der Waals surface area contributed by atoms with Crippen LogP contribution in [0.5, 0.6) is 0 Å². The smallest absolute Gasteiger partial charge is 0.255 e. The van der Waals surface area contributed by atoms with E-state index in [4.69, 9.17) is 16.4 Å². The molecule has 0 bridgehead atoms. The molecule has 2 aromatic carbocycles. The summed E-state index contributed by atoms with van der Waals surface area (Å²) < 4.78 is 0. The molecular formula is C28H29ClN4O4. The van der Waals surface area contributed by atoms with Crippen LogP contribution >= 0.6 is 11.6 Å². The largest absolute Gasteiger partial charge is 0.391 e. The zero-order valence-corrected chi connectivity index (χ0v) is 21.3. The number of aliphatic hydroxyl groups excluding tert-OH is 1. The number of hydroxylamine groups is 1. The van der Waals surface area contributed by atoms with E-state index >= 15 is 0 Å². The second-order valence-electron chi connectivity index (χ2n) is 9.60. The van der Waals surface area contributed by atoms with E-state index in [0.29, 0.717) is 34.7 Å². The Balaban J connectivity index is 1.52. The molecule has 0 spiro atoms. The standard InChI is InChI=1S/C28H29ClN4O4/c1-17-14-31-20(15-30-17)16-37-32-27(35)25-21-6-2-3-7-22(21)28(36)33(23-8-4-5-9-24(23)34)26(25)18-10-12-19(29)13-11-18/h2-3,6-7,10-15,23-26,34H,4-5,8-9,16H2,1H3,(H,32,35)/t23-,24-,25+,26-/m0/s1. The minimum Gasteiger partial charge on any atom is -0.391 e. The normalized spacial score (nSPS) is 23.4. The van der Waals surface area contributed by atoms with Crippen molar-refractivity contribution in [1.29, 1.82) is 0 Å². The third-order valence-corrected chi connectivity index (χ3v) is 7.40. The molecule has 1 aliphatic carbocycles. The molecule has 2 heterocycles. The van der Waals surface area contributed by atoms with Crippen LogP contribution in [0.1, 0.15) is 70.5 Å². The summed E-state index contributed by atoms with van der Waals surface area (Å²) in [6.45, 7) is 1.89. The molecule has 0 unspecified atom stereocenters. The van der Waals surface area contributed by atoms with Gasteiger partial charge in [0.05, 0.1) is 41.7 Å². The third kappa shape index (κ3) is 5.23. The van der Waals surface area contributed by atoms with Crippen LogP contribution in [-0.2, 0) is 16.2 Å². The average molecular weight is 521 g/mol. The molecule has 3 aromatic rings. The number of carbonyl (C=O) groups is 2. The first-order valence-corrected chi connectivity index (χ1v) is 12.9. The van der Waals surface area contributed by atoms with Gasteiger partial charge in [-0.15, -0.1) is 0 Å². The highest BCUT2D eigenvalue weighted by Gasteiger charge is 2.48. The van der Waals surface area contributed by atoms with Crippen LogP contribution in [0.3, 0.4) is 0 Å². The van der Waals surface area contributed by atoms with Crippen molar-refractivity contribution in [1.82, 2.24) is 20.3 Å². The van der Waals surface area contributed by atoms with Crippen molar-refractivity contribution in [2.24, 2.45) is 0 Å². The van der Waals surface area contributed by atoms with Crippen molar-refractivity contribution in [3.8, 4) is 0 Å². The number of aliphatic hydroxyl groups is 1. The number of benzene rings is 2. The maximum Gasteiger partial charge on any atom is 0.255 e. The monoisotopic (exact) mass is 520 g/mol. The van der Waals surface area contributed by atoms with Crippen molar-refractivity contribution in [2.75, 3.05) is 0 Å². The second-order valence-corrected chi connectivity index (χ2v) is 10.0. The third-order valence-electron chi connectivity index (χ3n) is 7.15. The lowest BCUT2D eigenvalue weighted by Crippen LogP contribution is -2.55. The lowest BCUT2D eigenvalue weighted by atomic mass is 9.77. The fraction of sp³-hybridized carbons (Fsp3) is 0.357. The van der Waals surface area contributed by atoms with Gasteiger partial charge in [-0.25, -0.2) is 5.48 Å². The minimum atomic E-state index is -0.770. The maximum absolute atomic E-state index is 13.9. The first-order chi connectivity index (χ1) is 17.9. The van der Waals surface area contributed by atoms with Crippen molar-refractivity contribution in [3.05, 3.63) is 94.0 Å². The van der Waals surface area contributed by atoms with Gasteiger partial charge in [0.1, 0.15) is 6.61 Å². The van der Waals surface area contributed by atoms with Crippen molar-refractivity contribution in [2.45, 2.75) is 63.3 Å². The molecule has 1 saturated carbocycles. The molecular weight excluding hydrogens is 492 g/mol. The molecule has 5 rings (SSSR count). The van der Waals surface area contributed by atoms with Crippen LogP contribution in [0.25, 0.3) is 0 Å². The van der Waals surface area contributed by atoms with Gasteiger partial charge < -0.3 is 10.0 Å². The van der Waals surface area contributed by atoms with Crippen LogP contribution in [0.2, 0.25) is 5.02 Å². The van der Waals surface area contributed by atoms with Gasteiger partial charge in [-0.05, 0) is 49.1 Å². The van der Waals surface area contributed by atoms with Crippen LogP contribution < -0.4 is 5.48 Å². The van der Waals surface area contributed by atoms with Gasteiger partial charge in [0.15, 0.2) is 0 Å². The number of rotatable bonds is 6. The predicted octanol–water partition coefficient (Wildman–Crippen LogP) is 4.27. The maximum atomic E-state index is 13.9. The van der Waals surface area contributed by atoms with E-state index in [-0.39, 0.29) is 12.5 Å². The number of carbonyl (C=O) groups excluding carboxylic acids is 2. The molecule has 192 valence electrons. The highest BCUT2D eigenvalue weighted by molar-refractivity contribution is 6.30. The Labute approximate surface area is 220 Å². The number of halogens is 1. The topological polar surface area (TPSA) is 105 Å². The summed E-state index contributed by atoms with van der Waals surface area (Å²) in [5.74, 6) is -1.36. The number of fused-ring (bicyclic) bond motifs is 1. The molecule has 4 atom stereocenters.